The number of hydrogen-bond donors (Lipinski definition) is 1. The molecule has 1 aromatic carbocycles. The SMILES string of the molecule is CCOCCCNC(=O)c1cc2c(=O)oc3ccccc3c2s1. The van der Waals surface area contributed by atoms with Crippen molar-refractivity contribution in [3.05, 3.63) is 45.6 Å². The zero-order chi connectivity index (χ0) is 16.2. The Balaban J connectivity index is 1.85. The molecule has 2 heterocycles. The Bertz CT molecular complexity index is 896. The molecular weight excluding hydrogens is 314 g/mol. The lowest BCUT2D eigenvalue weighted by Crippen LogP contribution is -2.24. The van der Waals surface area contributed by atoms with Gasteiger partial charge >= 0.3 is 5.63 Å². The van der Waals surface area contributed by atoms with E-state index in [1.807, 2.05) is 25.1 Å². The smallest absolute Gasteiger partial charge is 0.345 e. The van der Waals surface area contributed by atoms with E-state index in [-0.39, 0.29) is 5.91 Å². The van der Waals surface area contributed by atoms with Crippen LogP contribution in [0.3, 0.4) is 0 Å². The molecule has 0 radical (unpaired) electrons. The molecule has 0 aliphatic rings. The summed E-state index contributed by atoms with van der Waals surface area (Å²) in [7, 11) is 0. The zero-order valence-corrected chi connectivity index (χ0v) is 13.6. The van der Waals surface area contributed by atoms with Gasteiger partial charge in [0.15, 0.2) is 0 Å². The second-order valence-corrected chi connectivity index (χ2v) is 6.10. The average Bonchev–Trinajstić information content (AvgIpc) is 3.01. The summed E-state index contributed by atoms with van der Waals surface area (Å²) in [5, 5.41) is 4.15. The van der Waals surface area contributed by atoms with Gasteiger partial charge in [0.25, 0.3) is 5.91 Å². The highest BCUT2D eigenvalue weighted by molar-refractivity contribution is 7.21. The highest BCUT2D eigenvalue weighted by Crippen LogP contribution is 2.30. The monoisotopic (exact) mass is 331 g/mol. The lowest BCUT2D eigenvalue weighted by molar-refractivity contribution is 0.0948. The Morgan fingerprint density at radius 2 is 2.13 bits per heavy atom. The number of carbonyl (C=O) groups is 1. The van der Waals surface area contributed by atoms with Crippen LogP contribution >= 0.6 is 11.3 Å². The van der Waals surface area contributed by atoms with E-state index in [0.717, 1.165) is 16.5 Å². The van der Waals surface area contributed by atoms with Gasteiger partial charge in [0, 0.05) is 25.1 Å². The van der Waals surface area contributed by atoms with E-state index in [4.69, 9.17) is 9.15 Å². The van der Waals surface area contributed by atoms with Gasteiger partial charge in [-0.25, -0.2) is 4.79 Å². The van der Waals surface area contributed by atoms with Crippen LogP contribution in [0.1, 0.15) is 23.0 Å². The Labute approximate surface area is 136 Å². The number of benzene rings is 1. The van der Waals surface area contributed by atoms with E-state index in [1.165, 1.54) is 11.3 Å². The fraction of sp³-hybridized carbons (Fsp3) is 0.294. The molecule has 0 aliphatic heterocycles. The molecule has 1 N–H and O–H groups in total. The average molecular weight is 331 g/mol. The predicted molar refractivity (Wildman–Crippen MR) is 91.3 cm³/mol. The van der Waals surface area contributed by atoms with Crippen LogP contribution in [0.25, 0.3) is 21.1 Å². The number of thiophene rings is 1. The Hall–Kier alpha value is -2.18. The number of rotatable bonds is 6. The van der Waals surface area contributed by atoms with Crippen LogP contribution in [0.4, 0.5) is 0 Å². The minimum Gasteiger partial charge on any atom is -0.422 e. The summed E-state index contributed by atoms with van der Waals surface area (Å²) in [6.07, 6.45) is 0.759. The molecule has 1 amide bonds. The van der Waals surface area contributed by atoms with Gasteiger partial charge in [-0.3, -0.25) is 4.79 Å². The van der Waals surface area contributed by atoms with Crippen LogP contribution in [-0.2, 0) is 4.74 Å². The second-order valence-electron chi connectivity index (χ2n) is 5.05. The fourth-order valence-corrected chi connectivity index (χ4v) is 3.45. The van der Waals surface area contributed by atoms with Gasteiger partial charge in [0.2, 0.25) is 0 Å². The fourth-order valence-electron chi connectivity index (χ4n) is 2.36. The molecule has 0 spiro atoms. The van der Waals surface area contributed by atoms with E-state index in [1.54, 1.807) is 12.1 Å². The Morgan fingerprint density at radius 3 is 2.96 bits per heavy atom. The van der Waals surface area contributed by atoms with Gasteiger partial charge in [0.1, 0.15) is 5.58 Å². The van der Waals surface area contributed by atoms with E-state index in [0.29, 0.717) is 35.6 Å². The van der Waals surface area contributed by atoms with Gasteiger partial charge in [-0.2, -0.15) is 0 Å². The summed E-state index contributed by atoms with van der Waals surface area (Å²) in [5.74, 6) is -0.175. The van der Waals surface area contributed by atoms with E-state index >= 15 is 0 Å². The van der Waals surface area contributed by atoms with Crippen molar-refractivity contribution >= 4 is 38.3 Å². The summed E-state index contributed by atoms with van der Waals surface area (Å²) < 4.78 is 11.3. The number of nitrogens with one attached hydrogen (secondary N) is 1. The van der Waals surface area contributed by atoms with Gasteiger partial charge in [-0.1, -0.05) is 12.1 Å². The predicted octanol–water partition coefficient (Wildman–Crippen LogP) is 3.16. The molecule has 0 fully saturated rings. The highest BCUT2D eigenvalue weighted by Gasteiger charge is 2.15. The lowest BCUT2D eigenvalue weighted by atomic mass is 10.2. The number of fused-ring (bicyclic) bond motifs is 3. The van der Waals surface area contributed by atoms with E-state index in [9.17, 15) is 9.59 Å². The molecule has 23 heavy (non-hydrogen) atoms. The maximum absolute atomic E-state index is 12.2. The molecule has 0 aliphatic carbocycles. The first kappa shape index (κ1) is 15.7. The lowest BCUT2D eigenvalue weighted by Gasteiger charge is -2.03. The Morgan fingerprint density at radius 1 is 1.30 bits per heavy atom. The standard InChI is InChI=1S/C17H17NO4S/c1-2-21-9-5-8-18-16(19)14-10-12-15(23-14)11-6-3-4-7-13(11)22-17(12)20/h3-4,6-7,10H,2,5,8-9H2,1H3,(H,18,19). The van der Waals surface area contributed by atoms with Crippen LogP contribution in [0.5, 0.6) is 0 Å². The summed E-state index contributed by atoms with van der Waals surface area (Å²) in [6.45, 7) is 3.78. The van der Waals surface area contributed by atoms with Crippen LogP contribution in [-0.4, -0.2) is 25.7 Å². The molecule has 0 atom stereocenters. The zero-order valence-electron chi connectivity index (χ0n) is 12.8. The first-order valence-corrected chi connectivity index (χ1v) is 8.33. The molecule has 5 nitrogen and oxygen atoms in total. The highest BCUT2D eigenvalue weighted by atomic mass is 32.1. The van der Waals surface area contributed by atoms with Gasteiger partial charge in [0.05, 0.1) is 15.0 Å². The maximum atomic E-state index is 12.2. The van der Waals surface area contributed by atoms with Crippen molar-refractivity contribution in [2.45, 2.75) is 13.3 Å². The largest absolute Gasteiger partial charge is 0.422 e. The molecule has 0 saturated carbocycles. The van der Waals surface area contributed by atoms with Crippen molar-refractivity contribution in [2.75, 3.05) is 19.8 Å². The third-order valence-electron chi connectivity index (χ3n) is 3.47. The quantitative estimate of drug-likeness (QED) is 0.556. The molecule has 0 saturated heterocycles. The van der Waals surface area contributed by atoms with Gasteiger partial charge in [-0.15, -0.1) is 11.3 Å². The second kappa shape index (κ2) is 6.93. The summed E-state index contributed by atoms with van der Waals surface area (Å²) >= 11 is 1.31. The van der Waals surface area contributed by atoms with Crippen molar-refractivity contribution in [1.82, 2.24) is 5.32 Å². The topological polar surface area (TPSA) is 68.5 Å². The van der Waals surface area contributed by atoms with Gasteiger partial charge in [-0.05, 0) is 31.5 Å². The molecule has 0 bridgehead atoms. The minimum absolute atomic E-state index is 0.175. The molecule has 3 rings (SSSR count). The third-order valence-corrected chi connectivity index (χ3v) is 4.63. The summed E-state index contributed by atoms with van der Waals surface area (Å²) in [5.41, 5.74) is 0.126. The molecule has 6 heteroatoms. The van der Waals surface area contributed by atoms with Crippen molar-refractivity contribution in [2.24, 2.45) is 0 Å². The normalized spacial score (nSPS) is 11.2. The molecule has 0 unspecified atom stereocenters. The van der Waals surface area contributed by atoms with Crippen molar-refractivity contribution < 1.29 is 13.9 Å². The van der Waals surface area contributed by atoms with Gasteiger partial charge < -0.3 is 14.5 Å². The third kappa shape index (κ3) is 3.28. The van der Waals surface area contributed by atoms with Crippen LogP contribution in [0.2, 0.25) is 0 Å². The number of hydrogen-bond acceptors (Lipinski definition) is 5. The first-order valence-electron chi connectivity index (χ1n) is 7.52. The van der Waals surface area contributed by atoms with E-state index in [2.05, 4.69) is 5.32 Å². The first-order chi connectivity index (χ1) is 11.2. The molecular formula is C17H17NO4S. The van der Waals surface area contributed by atoms with Crippen LogP contribution < -0.4 is 10.9 Å². The van der Waals surface area contributed by atoms with Crippen LogP contribution in [0.15, 0.2) is 39.5 Å². The van der Waals surface area contributed by atoms with Crippen molar-refractivity contribution in [1.29, 1.82) is 0 Å². The molecule has 3 aromatic rings. The molecule has 2 aromatic heterocycles. The van der Waals surface area contributed by atoms with Crippen molar-refractivity contribution in [3.63, 3.8) is 0 Å². The van der Waals surface area contributed by atoms with Crippen molar-refractivity contribution in [3.8, 4) is 0 Å². The number of ether oxygens (including phenoxy) is 1. The number of para-hydroxylation sites is 1. The van der Waals surface area contributed by atoms with Crippen LogP contribution in [0, 0.1) is 0 Å². The summed E-state index contributed by atoms with van der Waals surface area (Å²) in [6, 6.07) is 8.95. The molecule has 120 valence electrons. The minimum atomic E-state index is -0.412. The maximum Gasteiger partial charge on any atom is 0.345 e. The number of amides is 1. The van der Waals surface area contributed by atoms with E-state index < -0.39 is 5.63 Å². The number of carbonyl (C=O) groups excluding carboxylic acids is 1. The summed E-state index contributed by atoms with van der Waals surface area (Å²) in [4.78, 5) is 24.8. The Kier molecular flexibility index (Phi) is 4.73.